The van der Waals surface area contributed by atoms with Crippen LogP contribution in [-0.2, 0) is 4.79 Å². The molecule has 0 fully saturated rings. The third kappa shape index (κ3) is 14.1. The molecular weight excluding hydrogens is 256 g/mol. The topological polar surface area (TPSA) is 17.1 Å². The highest BCUT2D eigenvalue weighted by atomic mass is 16.1. The molecule has 1 nitrogen and oxygen atoms in total. The van der Waals surface area contributed by atoms with Crippen LogP contribution in [0.3, 0.4) is 0 Å². The van der Waals surface area contributed by atoms with Crippen LogP contribution >= 0.6 is 0 Å². The van der Waals surface area contributed by atoms with Gasteiger partial charge in [-0.2, -0.15) is 0 Å². The van der Waals surface area contributed by atoms with Crippen molar-refractivity contribution in [2.45, 2.75) is 104 Å². The van der Waals surface area contributed by atoms with Crippen molar-refractivity contribution in [3.8, 4) is 0 Å². The molecular formula is C20H38O. The lowest BCUT2D eigenvalue weighted by molar-refractivity contribution is -0.115. The summed E-state index contributed by atoms with van der Waals surface area (Å²) in [6.07, 6.45) is 15.9. The first kappa shape index (κ1) is 20.4. The van der Waals surface area contributed by atoms with Gasteiger partial charge in [-0.05, 0) is 30.8 Å². The molecule has 1 heteroatoms. The zero-order valence-electron chi connectivity index (χ0n) is 14.9. The van der Waals surface area contributed by atoms with Gasteiger partial charge in [-0.3, -0.25) is 4.79 Å². The van der Waals surface area contributed by atoms with E-state index in [1.54, 1.807) is 0 Å². The molecule has 0 spiro atoms. The van der Waals surface area contributed by atoms with Crippen molar-refractivity contribution in [1.29, 1.82) is 0 Å². The van der Waals surface area contributed by atoms with Crippen LogP contribution < -0.4 is 0 Å². The van der Waals surface area contributed by atoms with Gasteiger partial charge in [0.2, 0.25) is 0 Å². The van der Waals surface area contributed by atoms with Crippen molar-refractivity contribution in [3.05, 3.63) is 12.2 Å². The van der Waals surface area contributed by atoms with Crippen LogP contribution in [0.4, 0.5) is 0 Å². The lowest BCUT2D eigenvalue weighted by Crippen LogP contribution is -2.02. The zero-order chi connectivity index (χ0) is 15.9. The van der Waals surface area contributed by atoms with E-state index in [-0.39, 0.29) is 0 Å². The van der Waals surface area contributed by atoms with E-state index in [9.17, 15) is 4.79 Å². The maximum atomic E-state index is 11.9. The smallest absolute Gasteiger partial charge is 0.158 e. The molecule has 0 aliphatic rings. The van der Waals surface area contributed by atoms with Gasteiger partial charge in [0.1, 0.15) is 0 Å². The van der Waals surface area contributed by atoms with Crippen molar-refractivity contribution in [2.24, 2.45) is 5.92 Å². The van der Waals surface area contributed by atoms with E-state index in [1.807, 2.05) is 0 Å². The van der Waals surface area contributed by atoms with Gasteiger partial charge in [0.25, 0.3) is 0 Å². The van der Waals surface area contributed by atoms with Crippen molar-refractivity contribution in [1.82, 2.24) is 0 Å². The number of allylic oxidation sites excluding steroid dienone is 1. The Bertz CT molecular complexity index is 265. The highest BCUT2D eigenvalue weighted by molar-refractivity contribution is 5.94. The minimum atomic E-state index is 0.301. The molecule has 0 radical (unpaired) electrons. The van der Waals surface area contributed by atoms with Crippen molar-refractivity contribution in [3.63, 3.8) is 0 Å². The van der Waals surface area contributed by atoms with Crippen molar-refractivity contribution >= 4 is 5.78 Å². The molecule has 0 unspecified atom stereocenters. The second-order valence-corrected chi connectivity index (χ2v) is 6.89. The van der Waals surface area contributed by atoms with Crippen LogP contribution in [0.15, 0.2) is 12.2 Å². The third-order valence-electron chi connectivity index (χ3n) is 4.18. The molecule has 0 amide bonds. The summed E-state index contributed by atoms with van der Waals surface area (Å²) in [7, 11) is 0. The number of carbonyl (C=O) groups is 1. The Morgan fingerprint density at radius 3 is 1.76 bits per heavy atom. The standard InChI is InChI=1S/C20H38O/c1-5-6-7-8-9-10-11-12-13-14-15-20(21)19(4)17-16-18(2)3/h18H,4-17H2,1-3H3. The molecule has 0 saturated heterocycles. The Morgan fingerprint density at radius 2 is 1.29 bits per heavy atom. The largest absolute Gasteiger partial charge is 0.295 e. The van der Waals surface area contributed by atoms with E-state index in [2.05, 4.69) is 27.4 Å². The third-order valence-corrected chi connectivity index (χ3v) is 4.18. The average Bonchev–Trinajstić information content (AvgIpc) is 2.46. The fourth-order valence-electron chi connectivity index (χ4n) is 2.55. The molecule has 0 aromatic heterocycles. The van der Waals surface area contributed by atoms with E-state index in [0.717, 1.165) is 24.8 Å². The lowest BCUT2D eigenvalue weighted by atomic mass is 9.98. The predicted molar refractivity (Wildman–Crippen MR) is 94.7 cm³/mol. The van der Waals surface area contributed by atoms with E-state index in [1.165, 1.54) is 57.8 Å². The van der Waals surface area contributed by atoms with Gasteiger partial charge in [-0.25, -0.2) is 0 Å². The quantitative estimate of drug-likeness (QED) is 0.238. The van der Waals surface area contributed by atoms with Gasteiger partial charge in [0.15, 0.2) is 5.78 Å². The maximum Gasteiger partial charge on any atom is 0.158 e. The summed E-state index contributed by atoms with van der Waals surface area (Å²) in [5.74, 6) is 0.960. The molecule has 0 aromatic carbocycles. The molecule has 0 rings (SSSR count). The molecule has 0 bridgehead atoms. The summed E-state index contributed by atoms with van der Waals surface area (Å²) < 4.78 is 0. The number of hydrogen-bond donors (Lipinski definition) is 0. The maximum absolute atomic E-state index is 11.9. The Labute approximate surface area is 133 Å². The molecule has 0 aliphatic carbocycles. The highest BCUT2D eigenvalue weighted by Crippen LogP contribution is 2.15. The lowest BCUT2D eigenvalue weighted by Gasteiger charge is -2.07. The fourth-order valence-corrected chi connectivity index (χ4v) is 2.55. The van der Waals surface area contributed by atoms with Gasteiger partial charge < -0.3 is 0 Å². The van der Waals surface area contributed by atoms with Gasteiger partial charge in [0.05, 0.1) is 0 Å². The Kier molecular flexibility index (Phi) is 13.9. The Hall–Kier alpha value is -0.590. The summed E-state index contributed by atoms with van der Waals surface area (Å²) in [6, 6.07) is 0. The summed E-state index contributed by atoms with van der Waals surface area (Å²) in [4.78, 5) is 11.9. The molecule has 0 aromatic rings. The van der Waals surface area contributed by atoms with E-state index < -0.39 is 0 Å². The molecule has 0 heterocycles. The predicted octanol–water partition coefficient (Wildman–Crippen LogP) is 6.86. The Morgan fingerprint density at radius 1 is 0.810 bits per heavy atom. The van der Waals surface area contributed by atoms with Gasteiger partial charge in [-0.15, -0.1) is 0 Å². The molecule has 0 saturated carbocycles. The number of carbonyl (C=O) groups excluding carboxylic acids is 1. The number of rotatable bonds is 15. The minimum absolute atomic E-state index is 0.301. The SMILES string of the molecule is C=C(CCC(C)C)C(=O)CCCCCCCCCCCC. The summed E-state index contributed by atoms with van der Waals surface area (Å²) >= 11 is 0. The summed E-state index contributed by atoms with van der Waals surface area (Å²) in [5, 5.41) is 0. The monoisotopic (exact) mass is 294 g/mol. The second kappa shape index (κ2) is 14.4. The van der Waals surface area contributed by atoms with Crippen LogP contribution in [0, 0.1) is 5.92 Å². The van der Waals surface area contributed by atoms with Crippen LogP contribution in [0.25, 0.3) is 0 Å². The minimum Gasteiger partial charge on any atom is -0.295 e. The van der Waals surface area contributed by atoms with Crippen molar-refractivity contribution < 1.29 is 4.79 Å². The van der Waals surface area contributed by atoms with E-state index >= 15 is 0 Å². The zero-order valence-corrected chi connectivity index (χ0v) is 14.9. The molecule has 0 aliphatic heterocycles. The first-order valence-corrected chi connectivity index (χ1v) is 9.28. The van der Waals surface area contributed by atoms with Gasteiger partial charge in [0, 0.05) is 6.42 Å². The average molecular weight is 295 g/mol. The summed E-state index contributed by atoms with van der Waals surface area (Å²) in [6.45, 7) is 10.6. The van der Waals surface area contributed by atoms with Crippen LogP contribution in [0.1, 0.15) is 104 Å². The molecule has 124 valence electrons. The number of hydrogen-bond acceptors (Lipinski definition) is 1. The van der Waals surface area contributed by atoms with Gasteiger partial charge in [-0.1, -0.05) is 85.1 Å². The number of ketones is 1. The normalized spacial score (nSPS) is 11.0. The first-order valence-electron chi connectivity index (χ1n) is 9.28. The Balaban J connectivity index is 3.34. The highest BCUT2D eigenvalue weighted by Gasteiger charge is 2.07. The fraction of sp³-hybridized carbons (Fsp3) is 0.850. The molecule has 0 N–H and O–H groups in total. The van der Waals surface area contributed by atoms with E-state index in [4.69, 9.17) is 0 Å². The van der Waals surface area contributed by atoms with Crippen LogP contribution in [-0.4, -0.2) is 5.78 Å². The second-order valence-electron chi connectivity index (χ2n) is 6.89. The van der Waals surface area contributed by atoms with E-state index in [0.29, 0.717) is 18.1 Å². The summed E-state index contributed by atoms with van der Waals surface area (Å²) in [5.41, 5.74) is 0.847. The first-order chi connectivity index (χ1) is 10.1. The number of unbranched alkanes of at least 4 members (excludes halogenated alkanes) is 9. The molecule has 21 heavy (non-hydrogen) atoms. The molecule has 0 atom stereocenters. The number of Topliss-reactive ketones (excluding diaryl/α,β-unsaturated/α-hetero) is 1. The van der Waals surface area contributed by atoms with Gasteiger partial charge >= 0.3 is 0 Å². The van der Waals surface area contributed by atoms with Crippen LogP contribution in [0.5, 0.6) is 0 Å². The van der Waals surface area contributed by atoms with Crippen molar-refractivity contribution in [2.75, 3.05) is 0 Å². The van der Waals surface area contributed by atoms with Crippen LogP contribution in [0.2, 0.25) is 0 Å².